The van der Waals surface area contributed by atoms with Crippen molar-refractivity contribution < 1.29 is 17.6 Å². The maximum atomic E-state index is 12.9. The SMILES string of the molecule is O=C(NCCCSc1ccc(F)cc1)C1CCN(S(=O)(=O)/C=C/c2ccccc2)CC1. The minimum Gasteiger partial charge on any atom is -0.356 e. The van der Waals surface area contributed by atoms with Gasteiger partial charge in [0.25, 0.3) is 0 Å². The van der Waals surface area contributed by atoms with Crippen LogP contribution in [0.4, 0.5) is 4.39 Å². The highest BCUT2D eigenvalue weighted by atomic mass is 32.2. The first-order valence-electron chi connectivity index (χ1n) is 10.3. The van der Waals surface area contributed by atoms with Crippen LogP contribution in [0.3, 0.4) is 0 Å². The Hall–Kier alpha value is -2.16. The molecule has 2 aromatic carbocycles. The third kappa shape index (κ3) is 7.48. The molecule has 166 valence electrons. The zero-order valence-corrected chi connectivity index (χ0v) is 18.9. The number of sulfonamides is 1. The van der Waals surface area contributed by atoms with E-state index >= 15 is 0 Å². The largest absolute Gasteiger partial charge is 0.356 e. The number of carbonyl (C=O) groups excluding carboxylic acids is 1. The molecule has 3 rings (SSSR count). The van der Waals surface area contributed by atoms with Gasteiger partial charge in [0.2, 0.25) is 15.9 Å². The highest BCUT2D eigenvalue weighted by Crippen LogP contribution is 2.21. The average molecular weight is 463 g/mol. The summed E-state index contributed by atoms with van der Waals surface area (Å²) in [5, 5.41) is 4.19. The van der Waals surface area contributed by atoms with Gasteiger partial charge in [-0.05, 0) is 60.9 Å². The molecule has 2 aromatic rings. The van der Waals surface area contributed by atoms with E-state index < -0.39 is 10.0 Å². The molecule has 0 radical (unpaired) electrons. The number of nitrogens with one attached hydrogen (secondary N) is 1. The number of hydrogen-bond donors (Lipinski definition) is 1. The van der Waals surface area contributed by atoms with E-state index in [1.165, 1.54) is 21.8 Å². The molecular weight excluding hydrogens is 435 g/mol. The molecule has 1 saturated heterocycles. The molecule has 0 aliphatic carbocycles. The van der Waals surface area contributed by atoms with Crippen molar-refractivity contribution in [2.75, 3.05) is 25.4 Å². The second-order valence-electron chi connectivity index (χ2n) is 7.38. The highest BCUT2D eigenvalue weighted by Gasteiger charge is 2.29. The number of benzene rings is 2. The van der Waals surface area contributed by atoms with Crippen molar-refractivity contribution in [1.82, 2.24) is 9.62 Å². The smallest absolute Gasteiger partial charge is 0.236 e. The number of piperidine rings is 1. The Bertz CT molecular complexity index is 972. The Kier molecular flexibility index (Phi) is 8.69. The van der Waals surface area contributed by atoms with Gasteiger partial charge in [0.05, 0.1) is 0 Å². The molecule has 0 atom stereocenters. The molecule has 1 amide bonds. The molecule has 1 heterocycles. The van der Waals surface area contributed by atoms with Gasteiger partial charge in [-0.1, -0.05) is 30.3 Å². The fourth-order valence-electron chi connectivity index (χ4n) is 3.34. The number of rotatable bonds is 9. The lowest BCUT2D eigenvalue weighted by Gasteiger charge is -2.29. The maximum absolute atomic E-state index is 12.9. The topological polar surface area (TPSA) is 66.5 Å². The molecule has 1 fully saturated rings. The Labute approximate surface area is 187 Å². The monoisotopic (exact) mass is 462 g/mol. The first kappa shape index (κ1) is 23.5. The van der Waals surface area contributed by atoms with E-state index in [4.69, 9.17) is 0 Å². The van der Waals surface area contributed by atoms with E-state index in [0.29, 0.717) is 32.5 Å². The van der Waals surface area contributed by atoms with E-state index in [1.54, 1.807) is 30.0 Å². The number of carbonyl (C=O) groups is 1. The van der Waals surface area contributed by atoms with E-state index in [2.05, 4.69) is 5.32 Å². The summed E-state index contributed by atoms with van der Waals surface area (Å²) in [6.07, 6.45) is 3.45. The van der Waals surface area contributed by atoms with Gasteiger partial charge in [-0.3, -0.25) is 4.79 Å². The van der Waals surface area contributed by atoms with Gasteiger partial charge in [0, 0.05) is 35.9 Å². The first-order valence-corrected chi connectivity index (χ1v) is 12.8. The van der Waals surface area contributed by atoms with Gasteiger partial charge >= 0.3 is 0 Å². The van der Waals surface area contributed by atoms with E-state index in [0.717, 1.165) is 22.6 Å². The average Bonchev–Trinajstić information content (AvgIpc) is 2.79. The van der Waals surface area contributed by atoms with E-state index in [1.807, 2.05) is 30.3 Å². The summed E-state index contributed by atoms with van der Waals surface area (Å²) in [5.74, 6) is 0.414. The summed E-state index contributed by atoms with van der Waals surface area (Å²) >= 11 is 1.62. The van der Waals surface area contributed by atoms with Crippen LogP contribution in [0.2, 0.25) is 0 Å². The lowest BCUT2D eigenvalue weighted by molar-refractivity contribution is -0.126. The zero-order valence-electron chi connectivity index (χ0n) is 17.2. The molecule has 5 nitrogen and oxygen atoms in total. The minimum absolute atomic E-state index is 0.0105. The van der Waals surface area contributed by atoms with Crippen LogP contribution in [-0.4, -0.2) is 44.0 Å². The fraction of sp³-hybridized carbons (Fsp3) is 0.348. The predicted molar refractivity (Wildman–Crippen MR) is 123 cm³/mol. The summed E-state index contributed by atoms with van der Waals surface area (Å²) in [4.78, 5) is 13.4. The van der Waals surface area contributed by atoms with Crippen LogP contribution in [-0.2, 0) is 14.8 Å². The Balaban J connectivity index is 1.36. The van der Waals surface area contributed by atoms with Crippen LogP contribution in [0.1, 0.15) is 24.8 Å². The zero-order chi connectivity index (χ0) is 22.1. The Morgan fingerprint density at radius 1 is 1.10 bits per heavy atom. The predicted octanol–water partition coefficient (Wildman–Crippen LogP) is 4.14. The molecular formula is C23H27FN2O3S2. The number of amides is 1. The third-order valence-electron chi connectivity index (χ3n) is 5.12. The molecule has 0 spiro atoms. The fourth-order valence-corrected chi connectivity index (χ4v) is 5.41. The number of hydrogen-bond acceptors (Lipinski definition) is 4. The van der Waals surface area contributed by atoms with Gasteiger partial charge < -0.3 is 5.32 Å². The van der Waals surface area contributed by atoms with Gasteiger partial charge in [-0.15, -0.1) is 11.8 Å². The quantitative estimate of drug-likeness (QED) is 0.449. The van der Waals surface area contributed by atoms with E-state index in [9.17, 15) is 17.6 Å². The molecule has 0 unspecified atom stereocenters. The molecule has 8 heteroatoms. The number of thioether (sulfide) groups is 1. The van der Waals surface area contributed by atoms with Crippen LogP contribution in [0.15, 0.2) is 64.9 Å². The number of nitrogens with zero attached hydrogens (tertiary/aromatic N) is 1. The van der Waals surface area contributed by atoms with Crippen LogP contribution < -0.4 is 5.32 Å². The minimum atomic E-state index is -3.49. The van der Waals surface area contributed by atoms with Gasteiger partial charge in [-0.2, -0.15) is 4.31 Å². The van der Waals surface area contributed by atoms with Crippen LogP contribution >= 0.6 is 11.8 Å². The maximum Gasteiger partial charge on any atom is 0.236 e. The molecule has 31 heavy (non-hydrogen) atoms. The second kappa shape index (κ2) is 11.5. The first-order chi connectivity index (χ1) is 14.9. The van der Waals surface area contributed by atoms with Gasteiger partial charge in [0.15, 0.2) is 0 Å². The van der Waals surface area contributed by atoms with Crippen LogP contribution in [0.5, 0.6) is 0 Å². The molecule has 0 bridgehead atoms. The summed E-state index contributed by atoms with van der Waals surface area (Å²) in [7, 11) is -3.49. The second-order valence-corrected chi connectivity index (χ2v) is 10.4. The normalized spacial score (nSPS) is 15.9. The van der Waals surface area contributed by atoms with Crippen molar-refractivity contribution in [2.45, 2.75) is 24.2 Å². The third-order valence-corrected chi connectivity index (χ3v) is 7.78. The van der Waals surface area contributed by atoms with Gasteiger partial charge in [-0.25, -0.2) is 12.8 Å². The molecule has 1 N–H and O–H groups in total. The summed E-state index contributed by atoms with van der Waals surface area (Å²) in [6.45, 7) is 1.27. The summed E-state index contributed by atoms with van der Waals surface area (Å²) in [6, 6.07) is 15.7. The Morgan fingerprint density at radius 3 is 2.45 bits per heavy atom. The van der Waals surface area contributed by atoms with Crippen LogP contribution in [0.25, 0.3) is 6.08 Å². The lowest BCUT2D eigenvalue weighted by atomic mass is 9.97. The summed E-state index contributed by atoms with van der Waals surface area (Å²) in [5.41, 5.74) is 0.831. The Morgan fingerprint density at radius 2 is 1.77 bits per heavy atom. The van der Waals surface area contributed by atoms with Crippen molar-refractivity contribution in [3.63, 3.8) is 0 Å². The van der Waals surface area contributed by atoms with Crippen molar-refractivity contribution >= 4 is 33.8 Å². The molecule has 1 aliphatic heterocycles. The van der Waals surface area contributed by atoms with Crippen LogP contribution in [0, 0.1) is 11.7 Å². The van der Waals surface area contributed by atoms with Crippen molar-refractivity contribution in [3.8, 4) is 0 Å². The lowest BCUT2D eigenvalue weighted by Crippen LogP contribution is -2.42. The highest BCUT2D eigenvalue weighted by molar-refractivity contribution is 7.99. The van der Waals surface area contributed by atoms with E-state index in [-0.39, 0.29) is 17.6 Å². The summed E-state index contributed by atoms with van der Waals surface area (Å²) < 4.78 is 39.4. The van der Waals surface area contributed by atoms with Gasteiger partial charge in [0.1, 0.15) is 5.82 Å². The molecule has 0 aromatic heterocycles. The number of halogens is 1. The standard InChI is InChI=1S/C23H27FN2O3S2/c24-21-7-9-22(10-8-21)30-17-4-14-25-23(27)20-11-15-26(16-12-20)31(28,29)18-13-19-5-2-1-3-6-19/h1-3,5-10,13,18,20H,4,11-12,14-17H2,(H,25,27)/b18-13+. The molecule has 0 saturated carbocycles. The van der Waals surface area contributed by atoms with Crippen molar-refractivity contribution in [3.05, 3.63) is 71.4 Å². The molecule has 1 aliphatic rings. The van der Waals surface area contributed by atoms with Crippen molar-refractivity contribution in [2.24, 2.45) is 5.92 Å². The van der Waals surface area contributed by atoms with Crippen molar-refractivity contribution in [1.29, 1.82) is 0 Å².